The minimum absolute atomic E-state index is 0.0136. The van der Waals surface area contributed by atoms with Crippen molar-refractivity contribution in [3.8, 4) is 45.7 Å². The Balaban J connectivity index is 1.74. The van der Waals surface area contributed by atoms with Gasteiger partial charge in [0.05, 0.1) is 18.3 Å². The molecule has 0 aliphatic rings. The first-order chi connectivity index (χ1) is 18.7. The zero-order valence-corrected chi connectivity index (χ0v) is 23.5. The van der Waals surface area contributed by atoms with Crippen LogP contribution in [0.5, 0.6) is 11.5 Å². The topological polar surface area (TPSA) is 97.6 Å². The number of aromatic nitrogens is 3. The molecule has 204 valence electrons. The molecule has 4 aromatic rings. The maximum Gasteiger partial charge on any atom is 0.199 e. The van der Waals surface area contributed by atoms with Crippen LogP contribution >= 0.6 is 0 Å². The highest BCUT2D eigenvalue weighted by Crippen LogP contribution is 2.34. The van der Waals surface area contributed by atoms with Gasteiger partial charge < -0.3 is 19.7 Å². The lowest BCUT2D eigenvalue weighted by Crippen LogP contribution is -2.25. The van der Waals surface area contributed by atoms with E-state index in [1.165, 1.54) is 6.07 Å². The molecule has 0 fully saturated rings. The number of rotatable bonds is 10. The molecule has 0 spiro atoms. The molecule has 0 bridgehead atoms. The number of aromatic hydroxyl groups is 1. The Hall–Kier alpha value is -3.81. The van der Waals surface area contributed by atoms with Gasteiger partial charge in [0.25, 0.3) is 0 Å². The molecular formula is C32H37N3O4. The Morgan fingerprint density at radius 1 is 0.692 bits per heavy atom. The summed E-state index contributed by atoms with van der Waals surface area (Å²) in [7, 11) is 0. The Morgan fingerprint density at radius 3 is 1.67 bits per heavy atom. The van der Waals surface area contributed by atoms with Gasteiger partial charge in [0.15, 0.2) is 23.8 Å². The van der Waals surface area contributed by atoms with Crippen LogP contribution in [0, 0.1) is 27.7 Å². The van der Waals surface area contributed by atoms with Crippen molar-refractivity contribution in [2.45, 2.75) is 66.8 Å². The molecule has 0 saturated carbocycles. The minimum atomic E-state index is -0.542. The molecule has 0 saturated heterocycles. The van der Waals surface area contributed by atoms with E-state index in [9.17, 15) is 10.2 Å². The predicted molar refractivity (Wildman–Crippen MR) is 154 cm³/mol. The summed E-state index contributed by atoms with van der Waals surface area (Å²) in [5, 5.41) is 20.8. The van der Waals surface area contributed by atoms with Crippen LogP contribution < -0.4 is 4.74 Å². The highest BCUT2D eigenvalue weighted by Gasteiger charge is 2.18. The number of phenols is 1. The largest absolute Gasteiger partial charge is 0.507 e. The number of aliphatic hydroxyl groups excluding tert-OH is 1. The summed E-state index contributed by atoms with van der Waals surface area (Å²) in [5.41, 5.74) is 6.73. The maximum absolute atomic E-state index is 11.0. The van der Waals surface area contributed by atoms with Crippen LogP contribution in [0.3, 0.4) is 0 Å². The molecule has 0 amide bonds. The number of hydrogen-bond acceptors (Lipinski definition) is 7. The highest BCUT2D eigenvalue weighted by molar-refractivity contribution is 5.72. The average Bonchev–Trinajstić information content (AvgIpc) is 2.90. The monoisotopic (exact) mass is 527 g/mol. The fraction of sp³-hybridized carbons (Fsp3) is 0.344. The van der Waals surface area contributed by atoms with E-state index < -0.39 is 12.4 Å². The minimum Gasteiger partial charge on any atom is -0.507 e. The van der Waals surface area contributed by atoms with Crippen LogP contribution in [-0.2, 0) is 4.74 Å². The lowest BCUT2D eigenvalue weighted by atomic mass is 10.0. The molecule has 1 heterocycles. The molecule has 4 rings (SSSR count). The van der Waals surface area contributed by atoms with Gasteiger partial charge >= 0.3 is 0 Å². The van der Waals surface area contributed by atoms with E-state index in [1.54, 1.807) is 12.1 Å². The third kappa shape index (κ3) is 6.80. The summed E-state index contributed by atoms with van der Waals surface area (Å²) in [6, 6.07) is 17.4. The van der Waals surface area contributed by atoms with Crippen molar-refractivity contribution in [1.82, 2.24) is 15.0 Å². The first-order valence-electron chi connectivity index (χ1n) is 13.4. The summed E-state index contributed by atoms with van der Waals surface area (Å²) in [4.78, 5) is 14.4. The van der Waals surface area contributed by atoms with Gasteiger partial charge in [-0.25, -0.2) is 15.0 Å². The molecule has 7 heteroatoms. The Labute approximate surface area is 230 Å². The molecule has 0 aliphatic heterocycles. The van der Waals surface area contributed by atoms with Gasteiger partial charge in [0.1, 0.15) is 11.5 Å². The van der Waals surface area contributed by atoms with Crippen LogP contribution in [0.1, 0.15) is 48.9 Å². The van der Waals surface area contributed by atoms with E-state index in [0.29, 0.717) is 41.6 Å². The summed E-state index contributed by atoms with van der Waals surface area (Å²) in [6.45, 7) is 12.2. The number of aryl methyl sites for hydroxylation is 4. The number of nitrogens with zero attached hydrogens (tertiary/aromatic N) is 3. The van der Waals surface area contributed by atoms with Crippen molar-refractivity contribution in [2.24, 2.45) is 0 Å². The number of ether oxygens (including phenoxy) is 2. The first-order valence-corrected chi connectivity index (χ1v) is 13.4. The summed E-state index contributed by atoms with van der Waals surface area (Å²) in [5.74, 6) is 1.89. The number of benzene rings is 3. The van der Waals surface area contributed by atoms with Crippen LogP contribution in [0.2, 0.25) is 0 Å². The smallest absolute Gasteiger partial charge is 0.199 e. The Bertz CT molecular complexity index is 1380. The Kier molecular flexibility index (Phi) is 8.94. The van der Waals surface area contributed by atoms with Gasteiger partial charge in [-0.15, -0.1) is 0 Å². The first kappa shape index (κ1) is 28.2. The third-order valence-corrected chi connectivity index (χ3v) is 6.64. The number of aliphatic hydroxyl groups is 1. The third-order valence-electron chi connectivity index (χ3n) is 6.64. The fourth-order valence-corrected chi connectivity index (χ4v) is 4.36. The van der Waals surface area contributed by atoms with E-state index in [1.807, 2.05) is 52.0 Å². The van der Waals surface area contributed by atoms with Gasteiger partial charge in [-0.2, -0.15) is 0 Å². The summed E-state index contributed by atoms with van der Waals surface area (Å²) >= 11 is 0. The van der Waals surface area contributed by atoms with Crippen LogP contribution in [0.15, 0.2) is 54.6 Å². The van der Waals surface area contributed by atoms with Gasteiger partial charge in [-0.3, -0.25) is 0 Å². The lowest BCUT2D eigenvalue weighted by molar-refractivity contribution is -0.106. The molecule has 0 aliphatic carbocycles. The van der Waals surface area contributed by atoms with E-state index in [4.69, 9.17) is 24.4 Å². The van der Waals surface area contributed by atoms with Crippen LogP contribution in [0.4, 0.5) is 0 Å². The van der Waals surface area contributed by atoms with Crippen molar-refractivity contribution in [3.63, 3.8) is 0 Å². The van der Waals surface area contributed by atoms with Crippen molar-refractivity contribution in [3.05, 3.63) is 76.9 Å². The highest BCUT2D eigenvalue weighted by atomic mass is 16.7. The molecule has 39 heavy (non-hydrogen) atoms. The zero-order valence-electron chi connectivity index (χ0n) is 23.5. The Morgan fingerprint density at radius 2 is 1.21 bits per heavy atom. The quantitative estimate of drug-likeness (QED) is 0.221. The number of hydrogen-bond donors (Lipinski definition) is 2. The second-order valence-corrected chi connectivity index (χ2v) is 9.97. The van der Waals surface area contributed by atoms with Crippen LogP contribution in [0.25, 0.3) is 34.2 Å². The van der Waals surface area contributed by atoms with E-state index >= 15 is 0 Å². The molecule has 2 unspecified atom stereocenters. The van der Waals surface area contributed by atoms with Gasteiger partial charge in [0.2, 0.25) is 0 Å². The molecule has 2 N–H and O–H groups in total. The lowest BCUT2D eigenvalue weighted by Gasteiger charge is -2.20. The average molecular weight is 528 g/mol. The van der Waals surface area contributed by atoms with Gasteiger partial charge in [-0.05, 0) is 57.4 Å². The van der Waals surface area contributed by atoms with Gasteiger partial charge in [-0.1, -0.05) is 61.4 Å². The van der Waals surface area contributed by atoms with E-state index in [-0.39, 0.29) is 12.4 Å². The molecule has 1 aromatic heterocycles. The number of phenolic OH excluding ortho intramolecular Hbond substituents is 1. The van der Waals surface area contributed by atoms with Crippen LogP contribution in [-0.4, -0.2) is 44.2 Å². The van der Waals surface area contributed by atoms with Crippen molar-refractivity contribution in [2.75, 3.05) is 6.61 Å². The van der Waals surface area contributed by atoms with Crippen molar-refractivity contribution >= 4 is 0 Å². The maximum atomic E-state index is 11.0. The molecule has 7 nitrogen and oxygen atoms in total. The van der Waals surface area contributed by atoms with Crippen molar-refractivity contribution in [1.29, 1.82) is 0 Å². The SMILES string of the molecule is CCC(O)COC(CC)Oc1ccc(-c2nc(-c3ccc(C)cc3C)nc(-c3ccc(C)cc3C)n2)c(O)c1. The molecule has 3 aromatic carbocycles. The molecule has 2 atom stereocenters. The standard InChI is InChI=1S/C32H37N3O4/c1-7-23(36)18-38-29(8-2)39-24-11-14-27(28(37)17-24)32-34-30(25-12-9-19(3)15-21(25)5)33-31(35-32)26-13-10-20(4)16-22(26)6/h9-17,23,29,36-37H,7-8,18H2,1-6H3. The summed E-state index contributed by atoms with van der Waals surface area (Å²) in [6.07, 6.45) is 0.109. The molecular weight excluding hydrogens is 490 g/mol. The normalized spacial score (nSPS) is 12.8. The molecule has 0 radical (unpaired) electrons. The fourth-order valence-electron chi connectivity index (χ4n) is 4.36. The van der Waals surface area contributed by atoms with Gasteiger partial charge in [0, 0.05) is 23.6 Å². The summed E-state index contributed by atoms with van der Waals surface area (Å²) < 4.78 is 11.6. The second kappa shape index (κ2) is 12.4. The zero-order chi connectivity index (χ0) is 28.1. The van der Waals surface area contributed by atoms with E-state index in [2.05, 4.69) is 26.0 Å². The predicted octanol–water partition coefficient (Wildman–Crippen LogP) is 6.71. The second-order valence-electron chi connectivity index (χ2n) is 9.97. The van der Waals surface area contributed by atoms with Crippen molar-refractivity contribution < 1.29 is 19.7 Å². The van der Waals surface area contributed by atoms with E-state index in [0.717, 1.165) is 33.4 Å².